The van der Waals surface area contributed by atoms with Crippen molar-refractivity contribution in [2.75, 3.05) is 6.54 Å². The van der Waals surface area contributed by atoms with Crippen molar-refractivity contribution >= 4 is 5.91 Å². The van der Waals surface area contributed by atoms with Crippen LogP contribution in [0.1, 0.15) is 37.5 Å². The quantitative estimate of drug-likeness (QED) is 0.712. The Morgan fingerprint density at radius 1 is 1.62 bits per heavy atom. The number of likely N-dealkylation sites (tertiary alicyclic amines) is 1. The maximum atomic E-state index is 11.8. The number of hydrogen-bond acceptors (Lipinski definition) is 4. The van der Waals surface area contributed by atoms with E-state index in [1.807, 2.05) is 6.92 Å². The van der Waals surface area contributed by atoms with Crippen molar-refractivity contribution in [3.05, 3.63) is 23.9 Å². The molecule has 0 bridgehead atoms. The SMILES string of the molecule is C/C=C/C(=O)N1CCCC1c1nc(C)no1. The van der Waals surface area contributed by atoms with Gasteiger partial charge in [0.2, 0.25) is 11.8 Å². The van der Waals surface area contributed by atoms with E-state index in [1.165, 1.54) is 0 Å². The lowest BCUT2D eigenvalue weighted by Crippen LogP contribution is -2.29. The summed E-state index contributed by atoms with van der Waals surface area (Å²) >= 11 is 0. The first-order valence-electron chi connectivity index (χ1n) is 5.46. The van der Waals surface area contributed by atoms with Crippen molar-refractivity contribution in [2.24, 2.45) is 0 Å². The standard InChI is InChI=1S/C11H15N3O2/c1-3-5-10(15)14-7-4-6-9(14)11-12-8(2)13-16-11/h3,5,9H,4,6-7H2,1-2H3/b5-3+. The fourth-order valence-electron chi connectivity index (χ4n) is 1.97. The first kappa shape index (κ1) is 10.9. The van der Waals surface area contributed by atoms with Gasteiger partial charge in [0.05, 0.1) is 0 Å². The third-order valence-corrected chi connectivity index (χ3v) is 2.67. The fraction of sp³-hybridized carbons (Fsp3) is 0.545. The normalized spacial score (nSPS) is 20.9. The second-order valence-electron chi connectivity index (χ2n) is 3.87. The molecule has 0 spiro atoms. The Morgan fingerprint density at radius 2 is 2.44 bits per heavy atom. The Labute approximate surface area is 94.1 Å². The van der Waals surface area contributed by atoms with E-state index in [2.05, 4.69) is 10.1 Å². The van der Waals surface area contributed by atoms with Gasteiger partial charge >= 0.3 is 0 Å². The van der Waals surface area contributed by atoms with Crippen LogP contribution >= 0.6 is 0 Å². The molecule has 1 saturated heterocycles. The van der Waals surface area contributed by atoms with Crippen molar-refractivity contribution in [2.45, 2.75) is 32.7 Å². The summed E-state index contributed by atoms with van der Waals surface area (Å²) < 4.78 is 5.13. The highest BCUT2D eigenvalue weighted by atomic mass is 16.5. The summed E-state index contributed by atoms with van der Waals surface area (Å²) in [5, 5.41) is 3.76. The van der Waals surface area contributed by atoms with E-state index >= 15 is 0 Å². The molecular weight excluding hydrogens is 206 g/mol. The predicted octanol–water partition coefficient (Wildman–Crippen LogP) is 1.62. The number of rotatable bonds is 2. The van der Waals surface area contributed by atoms with Gasteiger partial charge in [0.1, 0.15) is 6.04 Å². The van der Waals surface area contributed by atoms with E-state index in [1.54, 1.807) is 24.0 Å². The summed E-state index contributed by atoms with van der Waals surface area (Å²) in [5.74, 6) is 1.18. The van der Waals surface area contributed by atoms with E-state index in [-0.39, 0.29) is 11.9 Å². The van der Waals surface area contributed by atoms with E-state index in [4.69, 9.17) is 4.52 Å². The predicted molar refractivity (Wildman–Crippen MR) is 57.5 cm³/mol. The molecule has 0 N–H and O–H groups in total. The molecule has 1 unspecified atom stereocenters. The summed E-state index contributed by atoms with van der Waals surface area (Å²) in [6.07, 6.45) is 5.19. The number of amides is 1. The first-order chi connectivity index (χ1) is 7.72. The minimum absolute atomic E-state index is 0.0147. The van der Waals surface area contributed by atoms with Gasteiger partial charge in [-0.3, -0.25) is 4.79 Å². The average Bonchev–Trinajstić information content (AvgIpc) is 2.85. The number of nitrogens with zero attached hydrogens (tertiary/aromatic N) is 3. The van der Waals surface area contributed by atoms with Gasteiger partial charge in [-0.25, -0.2) is 0 Å². The zero-order valence-electron chi connectivity index (χ0n) is 9.51. The average molecular weight is 221 g/mol. The molecule has 5 heteroatoms. The fourth-order valence-corrected chi connectivity index (χ4v) is 1.97. The molecule has 0 aromatic carbocycles. The highest BCUT2D eigenvalue weighted by Gasteiger charge is 2.32. The van der Waals surface area contributed by atoms with Crippen LogP contribution in [0.5, 0.6) is 0 Å². The lowest BCUT2D eigenvalue weighted by atomic mass is 10.2. The molecule has 0 aliphatic carbocycles. The van der Waals surface area contributed by atoms with Crippen LogP contribution in [0.3, 0.4) is 0 Å². The van der Waals surface area contributed by atoms with Crippen LogP contribution in [-0.4, -0.2) is 27.5 Å². The van der Waals surface area contributed by atoms with Gasteiger partial charge in [0, 0.05) is 6.54 Å². The first-order valence-corrected chi connectivity index (χ1v) is 5.46. The van der Waals surface area contributed by atoms with Crippen molar-refractivity contribution in [1.82, 2.24) is 15.0 Å². The van der Waals surface area contributed by atoms with Gasteiger partial charge in [-0.1, -0.05) is 11.2 Å². The second-order valence-corrected chi connectivity index (χ2v) is 3.87. The molecule has 1 aliphatic heterocycles. The second kappa shape index (κ2) is 4.47. The molecule has 1 amide bonds. The lowest BCUT2D eigenvalue weighted by molar-refractivity contribution is -0.127. The monoisotopic (exact) mass is 221 g/mol. The number of allylic oxidation sites excluding steroid dienone is 1. The largest absolute Gasteiger partial charge is 0.337 e. The van der Waals surface area contributed by atoms with Crippen LogP contribution in [0.25, 0.3) is 0 Å². The Balaban J connectivity index is 2.18. The highest BCUT2D eigenvalue weighted by molar-refractivity contribution is 5.88. The van der Waals surface area contributed by atoms with E-state index in [0.29, 0.717) is 11.7 Å². The molecule has 0 radical (unpaired) electrons. The summed E-state index contributed by atoms with van der Waals surface area (Å²) in [7, 11) is 0. The van der Waals surface area contributed by atoms with Gasteiger partial charge in [0.15, 0.2) is 5.82 Å². The topological polar surface area (TPSA) is 59.2 Å². The van der Waals surface area contributed by atoms with Crippen molar-refractivity contribution in [1.29, 1.82) is 0 Å². The van der Waals surface area contributed by atoms with Gasteiger partial charge in [-0.05, 0) is 32.8 Å². The maximum Gasteiger partial charge on any atom is 0.249 e. The van der Waals surface area contributed by atoms with E-state index in [9.17, 15) is 4.79 Å². The Morgan fingerprint density at radius 3 is 3.06 bits per heavy atom. The van der Waals surface area contributed by atoms with Crippen molar-refractivity contribution in [3.8, 4) is 0 Å². The van der Waals surface area contributed by atoms with Gasteiger partial charge in [-0.15, -0.1) is 0 Å². The van der Waals surface area contributed by atoms with Crippen molar-refractivity contribution in [3.63, 3.8) is 0 Å². The molecule has 2 heterocycles. The summed E-state index contributed by atoms with van der Waals surface area (Å²) in [4.78, 5) is 17.8. The number of hydrogen-bond donors (Lipinski definition) is 0. The maximum absolute atomic E-state index is 11.8. The molecule has 1 aliphatic rings. The minimum Gasteiger partial charge on any atom is -0.337 e. The summed E-state index contributed by atoms with van der Waals surface area (Å²) in [6.45, 7) is 4.37. The number of aromatic nitrogens is 2. The molecule has 1 aromatic heterocycles. The van der Waals surface area contributed by atoms with Crippen LogP contribution in [0.15, 0.2) is 16.7 Å². The van der Waals surface area contributed by atoms with Crippen LogP contribution in [0.2, 0.25) is 0 Å². The van der Waals surface area contributed by atoms with Gasteiger partial charge in [0.25, 0.3) is 0 Å². The summed E-state index contributed by atoms with van der Waals surface area (Å²) in [6, 6.07) is -0.0510. The molecular formula is C11H15N3O2. The van der Waals surface area contributed by atoms with Gasteiger partial charge < -0.3 is 9.42 Å². The molecule has 1 atom stereocenters. The van der Waals surface area contributed by atoms with Crippen molar-refractivity contribution < 1.29 is 9.32 Å². The van der Waals surface area contributed by atoms with E-state index in [0.717, 1.165) is 19.4 Å². The van der Waals surface area contributed by atoms with E-state index < -0.39 is 0 Å². The smallest absolute Gasteiger partial charge is 0.249 e. The molecule has 1 fully saturated rings. The Kier molecular flexibility index (Phi) is 3.03. The molecule has 0 saturated carbocycles. The zero-order valence-corrected chi connectivity index (χ0v) is 9.51. The third kappa shape index (κ3) is 1.98. The molecule has 1 aromatic rings. The molecule has 5 nitrogen and oxygen atoms in total. The van der Waals surface area contributed by atoms with Crippen LogP contribution in [0.4, 0.5) is 0 Å². The van der Waals surface area contributed by atoms with Crippen LogP contribution < -0.4 is 0 Å². The Bertz CT molecular complexity index is 411. The molecule has 2 rings (SSSR count). The number of carbonyl (C=O) groups is 1. The van der Waals surface area contributed by atoms with Crippen LogP contribution in [-0.2, 0) is 4.79 Å². The number of carbonyl (C=O) groups excluding carboxylic acids is 1. The van der Waals surface area contributed by atoms with Gasteiger partial charge in [-0.2, -0.15) is 4.98 Å². The Hall–Kier alpha value is -1.65. The zero-order chi connectivity index (χ0) is 11.5. The number of aryl methyl sites for hydroxylation is 1. The minimum atomic E-state index is -0.0510. The third-order valence-electron chi connectivity index (χ3n) is 2.67. The lowest BCUT2D eigenvalue weighted by Gasteiger charge is -2.19. The molecule has 86 valence electrons. The highest BCUT2D eigenvalue weighted by Crippen LogP contribution is 2.30. The van der Waals surface area contributed by atoms with Crippen LogP contribution in [0, 0.1) is 6.92 Å². The molecule has 16 heavy (non-hydrogen) atoms. The summed E-state index contributed by atoms with van der Waals surface area (Å²) in [5.41, 5.74) is 0.